The molecule has 1 aliphatic heterocycles. The second kappa shape index (κ2) is 10.5. The molecular weight excluding hydrogens is 477 g/mol. The zero-order valence-corrected chi connectivity index (χ0v) is 20.7. The normalized spacial score (nSPS) is 14.9. The van der Waals surface area contributed by atoms with E-state index in [4.69, 9.17) is 4.52 Å². The highest BCUT2D eigenvalue weighted by molar-refractivity contribution is 7.10. The minimum Gasteiger partial charge on any atom is -0.361 e. The van der Waals surface area contributed by atoms with E-state index in [9.17, 15) is 14.0 Å². The number of carbonyl (C=O) groups excluding carboxylic acids is 2. The van der Waals surface area contributed by atoms with Crippen LogP contribution in [-0.2, 0) is 22.6 Å². The van der Waals surface area contributed by atoms with Gasteiger partial charge in [0.15, 0.2) is 0 Å². The molecule has 0 aliphatic carbocycles. The highest BCUT2D eigenvalue weighted by Gasteiger charge is 2.33. The molecule has 8 heteroatoms. The van der Waals surface area contributed by atoms with E-state index < -0.39 is 0 Å². The van der Waals surface area contributed by atoms with E-state index in [0.717, 1.165) is 28.7 Å². The van der Waals surface area contributed by atoms with E-state index in [1.165, 1.54) is 17.0 Å². The summed E-state index contributed by atoms with van der Waals surface area (Å²) >= 11 is 1.66. The molecular formula is C28H26FN3O3S. The minimum atomic E-state index is -0.348. The fourth-order valence-corrected chi connectivity index (χ4v) is 5.59. The quantitative estimate of drug-likeness (QED) is 0.365. The van der Waals surface area contributed by atoms with Crippen LogP contribution in [0.5, 0.6) is 0 Å². The molecule has 0 radical (unpaired) electrons. The number of rotatable bonds is 7. The van der Waals surface area contributed by atoms with Crippen LogP contribution in [0.2, 0.25) is 0 Å². The van der Waals surface area contributed by atoms with Gasteiger partial charge >= 0.3 is 0 Å². The molecule has 1 unspecified atom stereocenters. The summed E-state index contributed by atoms with van der Waals surface area (Å²) in [7, 11) is 0. The summed E-state index contributed by atoms with van der Waals surface area (Å²) in [5.41, 5.74) is 4.19. The molecule has 0 saturated carbocycles. The smallest absolute Gasteiger partial charge is 0.223 e. The lowest BCUT2D eigenvalue weighted by Crippen LogP contribution is -2.40. The van der Waals surface area contributed by atoms with Crippen molar-refractivity contribution in [3.05, 3.63) is 99.2 Å². The fourth-order valence-electron chi connectivity index (χ4n) is 4.68. The van der Waals surface area contributed by atoms with Gasteiger partial charge < -0.3 is 14.7 Å². The van der Waals surface area contributed by atoms with E-state index in [1.807, 2.05) is 54.8 Å². The van der Waals surface area contributed by atoms with Crippen LogP contribution >= 0.6 is 11.3 Å². The van der Waals surface area contributed by atoms with Gasteiger partial charge in [0.2, 0.25) is 11.8 Å². The summed E-state index contributed by atoms with van der Waals surface area (Å²) in [4.78, 5) is 28.9. The van der Waals surface area contributed by atoms with Crippen molar-refractivity contribution >= 4 is 23.2 Å². The number of amides is 2. The van der Waals surface area contributed by atoms with Crippen LogP contribution in [0.3, 0.4) is 0 Å². The molecule has 5 rings (SSSR count). The number of aryl methyl sites for hydroxylation is 1. The van der Waals surface area contributed by atoms with Crippen molar-refractivity contribution in [2.75, 3.05) is 6.54 Å². The van der Waals surface area contributed by atoms with Crippen LogP contribution in [0.15, 0.2) is 70.6 Å². The fraction of sp³-hybridized carbons (Fsp3) is 0.250. The Morgan fingerprint density at radius 2 is 1.97 bits per heavy atom. The van der Waals surface area contributed by atoms with Crippen molar-refractivity contribution in [2.24, 2.45) is 0 Å². The summed E-state index contributed by atoms with van der Waals surface area (Å²) in [6.07, 6.45) is 0.893. The first-order valence-electron chi connectivity index (χ1n) is 11.9. The lowest BCUT2D eigenvalue weighted by Gasteiger charge is -2.36. The lowest BCUT2D eigenvalue weighted by molar-refractivity contribution is -0.135. The first-order chi connectivity index (χ1) is 17.5. The van der Waals surface area contributed by atoms with Gasteiger partial charge in [0.1, 0.15) is 17.3 Å². The number of aromatic nitrogens is 1. The van der Waals surface area contributed by atoms with Crippen molar-refractivity contribution in [1.82, 2.24) is 15.4 Å². The summed E-state index contributed by atoms with van der Waals surface area (Å²) < 4.78 is 19.4. The molecule has 0 saturated heterocycles. The third kappa shape index (κ3) is 4.95. The van der Waals surface area contributed by atoms with E-state index in [0.29, 0.717) is 18.0 Å². The van der Waals surface area contributed by atoms with Crippen molar-refractivity contribution in [3.63, 3.8) is 0 Å². The molecule has 1 N–H and O–H groups in total. The Hall–Kier alpha value is -3.78. The summed E-state index contributed by atoms with van der Waals surface area (Å²) in [6, 6.07) is 17.7. The number of thiophene rings is 1. The molecule has 0 fully saturated rings. The number of benzene rings is 2. The van der Waals surface area contributed by atoms with Crippen LogP contribution in [0.4, 0.5) is 4.39 Å². The summed E-state index contributed by atoms with van der Waals surface area (Å²) in [6.45, 7) is 2.61. The summed E-state index contributed by atoms with van der Waals surface area (Å²) in [5, 5.41) is 9.05. The second-order valence-corrected chi connectivity index (χ2v) is 9.80. The monoisotopic (exact) mass is 503 g/mol. The van der Waals surface area contributed by atoms with Gasteiger partial charge in [-0.05, 0) is 48.1 Å². The maximum Gasteiger partial charge on any atom is 0.223 e. The van der Waals surface area contributed by atoms with Crippen LogP contribution in [0.1, 0.15) is 46.2 Å². The Kier molecular flexibility index (Phi) is 6.95. The predicted molar refractivity (Wildman–Crippen MR) is 136 cm³/mol. The van der Waals surface area contributed by atoms with Crippen LogP contribution in [-0.4, -0.2) is 28.4 Å². The third-order valence-electron chi connectivity index (χ3n) is 6.51. The number of carbonyl (C=O) groups is 2. The third-order valence-corrected chi connectivity index (χ3v) is 7.51. The van der Waals surface area contributed by atoms with E-state index >= 15 is 0 Å². The molecule has 36 heavy (non-hydrogen) atoms. The molecule has 184 valence electrons. The Balaban J connectivity index is 1.24. The maximum atomic E-state index is 14.0. The highest BCUT2D eigenvalue weighted by Crippen LogP contribution is 2.38. The van der Waals surface area contributed by atoms with Crippen molar-refractivity contribution < 1.29 is 18.5 Å². The standard InChI is InChI=1S/C28H26FN3O3S/c1-18-23(27(31-35-18)19-6-3-2-4-7-19)17-30-25(33)10-11-26(34)32-14-12-24-22(13-15-36-24)28(32)20-8-5-9-21(29)16-20/h2-9,13,15-16,28H,10-12,14,17H2,1H3,(H,30,33). The first kappa shape index (κ1) is 23.9. The van der Waals surface area contributed by atoms with Gasteiger partial charge in [0, 0.05) is 41.9 Å². The number of hydrogen-bond donors (Lipinski definition) is 1. The predicted octanol–water partition coefficient (Wildman–Crippen LogP) is 5.42. The lowest BCUT2D eigenvalue weighted by atomic mass is 9.92. The first-order valence-corrected chi connectivity index (χ1v) is 12.8. The van der Waals surface area contributed by atoms with E-state index in [1.54, 1.807) is 22.3 Å². The van der Waals surface area contributed by atoms with Crippen molar-refractivity contribution in [1.29, 1.82) is 0 Å². The molecule has 4 aromatic rings. The number of fused-ring (bicyclic) bond motifs is 1. The molecule has 0 bridgehead atoms. The highest BCUT2D eigenvalue weighted by atomic mass is 32.1. The zero-order chi connectivity index (χ0) is 25.1. The zero-order valence-electron chi connectivity index (χ0n) is 19.9. The van der Waals surface area contributed by atoms with Crippen molar-refractivity contribution in [3.8, 4) is 11.3 Å². The topological polar surface area (TPSA) is 75.4 Å². The van der Waals surface area contributed by atoms with Gasteiger partial charge in [0.25, 0.3) is 0 Å². The maximum absolute atomic E-state index is 14.0. The molecule has 2 aromatic heterocycles. The Labute approximate surface area is 212 Å². The van der Waals surface area contributed by atoms with Gasteiger partial charge in [-0.3, -0.25) is 9.59 Å². The largest absolute Gasteiger partial charge is 0.361 e. The van der Waals surface area contributed by atoms with Crippen LogP contribution < -0.4 is 5.32 Å². The Morgan fingerprint density at radius 1 is 1.14 bits per heavy atom. The van der Waals surface area contributed by atoms with Gasteiger partial charge in [-0.25, -0.2) is 4.39 Å². The molecule has 1 aliphatic rings. The second-order valence-electron chi connectivity index (χ2n) is 8.80. The Bertz CT molecular complexity index is 1380. The Morgan fingerprint density at radius 3 is 2.78 bits per heavy atom. The van der Waals surface area contributed by atoms with Gasteiger partial charge in [-0.15, -0.1) is 11.3 Å². The molecule has 2 aromatic carbocycles. The molecule has 2 amide bonds. The van der Waals surface area contributed by atoms with E-state index in [-0.39, 0.29) is 43.1 Å². The number of nitrogens with one attached hydrogen (secondary N) is 1. The minimum absolute atomic E-state index is 0.0622. The number of nitrogens with zero attached hydrogens (tertiary/aromatic N) is 2. The number of hydrogen-bond acceptors (Lipinski definition) is 5. The van der Waals surface area contributed by atoms with Gasteiger partial charge in [0.05, 0.1) is 6.04 Å². The van der Waals surface area contributed by atoms with Crippen LogP contribution in [0.25, 0.3) is 11.3 Å². The van der Waals surface area contributed by atoms with Gasteiger partial charge in [-0.1, -0.05) is 47.6 Å². The average molecular weight is 504 g/mol. The average Bonchev–Trinajstić information content (AvgIpc) is 3.52. The van der Waals surface area contributed by atoms with Crippen molar-refractivity contribution in [2.45, 2.75) is 38.8 Å². The molecule has 0 spiro atoms. The SMILES string of the molecule is Cc1onc(-c2ccccc2)c1CNC(=O)CCC(=O)N1CCc2sccc2C1c1cccc(F)c1. The molecule has 3 heterocycles. The van der Waals surface area contributed by atoms with E-state index in [2.05, 4.69) is 10.5 Å². The molecule has 1 atom stereocenters. The van der Waals surface area contributed by atoms with Crippen LogP contribution in [0, 0.1) is 12.7 Å². The summed E-state index contributed by atoms with van der Waals surface area (Å²) in [5.74, 6) is -0.0375. The number of halogens is 1. The molecule has 6 nitrogen and oxygen atoms in total. The van der Waals surface area contributed by atoms with Gasteiger partial charge in [-0.2, -0.15) is 0 Å².